The molecule has 0 spiro atoms. The van der Waals surface area contributed by atoms with Crippen LogP contribution in [0, 0.1) is 0 Å². The van der Waals surface area contributed by atoms with Gasteiger partial charge in [-0.25, -0.2) is 0 Å². The summed E-state index contributed by atoms with van der Waals surface area (Å²) in [6.07, 6.45) is 1.38. The van der Waals surface area contributed by atoms with Gasteiger partial charge in [0.1, 0.15) is 5.75 Å². The molecule has 2 nitrogen and oxygen atoms in total. The fourth-order valence-corrected chi connectivity index (χ4v) is 1.27. The summed E-state index contributed by atoms with van der Waals surface area (Å²) in [5, 5.41) is 9.13. The van der Waals surface area contributed by atoms with Crippen LogP contribution in [0.2, 0.25) is 0 Å². The lowest BCUT2D eigenvalue weighted by atomic mass is 10.1. The van der Waals surface area contributed by atoms with Gasteiger partial charge >= 0.3 is 0 Å². The van der Waals surface area contributed by atoms with E-state index in [0.717, 1.165) is 12.0 Å². The third-order valence-corrected chi connectivity index (χ3v) is 2.37. The van der Waals surface area contributed by atoms with Gasteiger partial charge in [0.05, 0.1) is 12.2 Å². The van der Waals surface area contributed by atoms with E-state index in [0.29, 0.717) is 5.75 Å². The van der Waals surface area contributed by atoms with Crippen molar-refractivity contribution in [3.05, 3.63) is 29.8 Å². The maximum Gasteiger partial charge on any atom is 0.115 e. The Labute approximate surface area is 85.5 Å². The Morgan fingerprint density at radius 1 is 1.21 bits per heavy atom. The summed E-state index contributed by atoms with van der Waals surface area (Å²) in [5.41, 5.74) is 1.10. The first-order valence-corrected chi connectivity index (χ1v) is 5.08. The quantitative estimate of drug-likeness (QED) is 0.797. The number of hydrogen-bond acceptors (Lipinski definition) is 2. The Morgan fingerprint density at radius 2 is 1.79 bits per heavy atom. The fourth-order valence-electron chi connectivity index (χ4n) is 1.27. The topological polar surface area (TPSA) is 29.5 Å². The second-order valence-electron chi connectivity index (χ2n) is 3.59. The highest BCUT2D eigenvalue weighted by molar-refractivity contribution is 5.27. The Balaban J connectivity index is 2.60. The van der Waals surface area contributed by atoms with Gasteiger partial charge in [0.15, 0.2) is 0 Å². The zero-order valence-electron chi connectivity index (χ0n) is 9.03. The summed E-state index contributed by atoms with van der Waals surface area (Å²) in [6, 6.07) is 7.16. The van der Waals surface area contributed by atoms with E-state index < -0.39 is 0 Å². The molecule has 0 aromatic heterocycles. The summed E-state index contributed by atoms with van der Waals surface area (Å²) in [4.78, 5) is 0. The predicted molar refractivity (Wildman–Crippen MR) is 57.4 cm³/mol. The molecule has 1 aromatic rings. The molecule has 0 heterocycles. The smallest absolute Gasteiger partial charge is 0.115 e. The SMILES string of the molecule is CC[C@@H](C)OC(C)c1ccc(O)cc1. The second kappa shape index (κ2) is 5.01. The molecular formula is C12H18O2. The van der Waals surface area contributed by atoms with Crippen molar-refractivity contribution in [2.45, 2.75) is 39.4 Å². The van der Waals surface area contributed by atoms with E-state index in [-0.39, 0.29) is 12.2 Å². The number of hydrogen-bond donors (Lipinski definition) is 1. The van der Waals surface area contributed by atoms with Crippen molar-refractivity contribution in [2.24, 2.45) is 0 Å². The van der Waals surface area contributed by atoms with Crippen LogP contribution in [0.15, 0.2) is 24.3 Å². The highest BCUT2D eigenvalue weighted by Gasteiger charge is 2.08. The van der Waals surface area contributed by atoms with Gasteiger partial charge < -0.3 is 9.84 Å². The van der Waals surface area contributed by atoms with Crippen LogP contribution in [0.5, 0.6) is 5.75 Å². The van der Waals surface area contributed by atoms with E-state index in [4.69, 9.17) is 9.84 Å². The van der Waals surface area contributed by atoms with Crippen molar-refractivity contribution in [2.75, 3.05) is 0 Å². The van der Waals surface area contributed by atoms with Gasteiger partial charge in [-0.15, -0.1) is 0 Å². The van der Waals surface area contributed by atoms with Crippen LogP contribution in [-0.4, -0.2) is 11.2 Å². The van der Waals surface area contributed by atoms with Crippen molar-refractivity contribution in [3.8, 4) is 5.75 Å². The van der Waals surface area contributed by atoms with E-state index in [2.05, 4.69) is 13.8 Å². The Morgan fingerprint density at radius 3 is 2.29 bits per heavy atom. The van der Waals surface area contributed by atoms with Gasteiger partial charge in [-0.3, -0.25) is 0 Å². The molecule has 0 aliphatic rings. The number of rotatable bonds is 4. The molecule has 0 amide bonds. The largest absolute Gasteiger partial charge is 0.508 e. The third-order valence-electron chi connectivity index (χ3n) is 2.37. The zero-order chi connectivity index (χ0) is 10.6. The summed E-state index contributed by atoms with van der Waals surface area (Å²) in [6.45, 7) is 6.20. The maximum absolute atomic E-state index is 9.13. The molecule has 0 saturated heterocycles. The first-order chi connectivity index (χ1) is 6.63. The first kappa shape index (κ1) is 11.1. The molecule has 1 rings (SSSR count). The van der Waals surface area contributed by atoms with Crippen LogP contribution in [0.1, 0.15) is 38.9 Å². The van der Waals surface area contributed by atoms with Gasteiger partial charge in [0.2, 0.25) is 0 Å². The first-order valence-electron chi connectivity index (χ1n) is 5.08. The predicted octanol–water partition coefficient (Wildman–Crippen LogP) is 3.27. The van der Waals surface area contributed by atoms with Gasteiger partial charge in [-0.2, -0.15) is 0 Å². The minimum Gasteiger partial charge on any atom is -0.508 e. The number of ether oxygens (including phenoxy) is 1. The lowest BCUT2D eigenvalue weighted by Gasteiger charge is -2.18. The standard InChI is InChI=1S/C12H18O2/c1-4-9(2)14-10(3)11-5-7-12(13)8-6-11/h5-10,13H,4H2,1-3H3/t9-,10?/m1/s1. The fraction of sp³-hybridized carbons (Fsp3) is 0.500. The van der Waals surface area contributed by atoms with Gasteiger partial charge in [-0.1, -0.05) is 19.1 Å². The van der Waals surface area contributed by atoms with E-state index in [1.807, 2.05) is 19.1 Å². The van der Waals surface area contributed by atoms with Crippen molar-refractivity contribution in [3.63, 3.8) is 0 Å². The van der Waals surface area contributed by atoms with Crippen LogP contribution in [0.25, 0.3) is 0 Å². The zero-order valence-corrected chi connectivity index (χ0v) is 9.03. The molecule has 0 aliphatic heterocycles. The average molecular weight is 194 g/mol. The van der Waals surface area contributed by atoms with E-state index in [1.54, 1.807) is 12.1 Å². The molecule has 1 unspecified atom stereocenters. The van der Waals surface area contributed by atoms with E-state index in [1.165, 1.54) is 0 Å². The van der Waals surface area contributed by atoms with E-state index in [9.17, 15) is 0 Å². The third kappa shape index (κ3) is 3.04. The molecule has 0 radical (unpaired) electrons. The highest BCUT2D eigenvalue weighted by Crippen LogP contribution is 2.21. The molecule has 78 valence electrons. The second-order valence-corrected chi connectivity index (χ2v) is 3.59. The number of phenols is 1. The summed E-state index contributed by atoms with van der Waals surface area (Å²) in [5.74, 6) is 0.296. The molecule has 1 N–H and O–H groups in total. The van der Waals surface area contributed by atoms with Crippen LogP contribution < -0.4 is 0 Å². The molecule has 2 heteroatoms. The Kier molecular flexibility index (Phi) is 3.96. The monoisotopic (exact) mass is 194 g/mol. The normalized spacial score (nSPS) is 15.1. The van der Waals surface area contributed by atoms with Gasteiger partial charge in [-0.05, 0) is 38.0 Å². The summed E-state index contributed by atoms with van der Waals surface area (Å²) < 4.78 is 5.74. The highest BCUT2D eigenvalue weighted by atomic mass is 16.5. The Hall–Kier alpha value is -1.02. The minimum atomic E-state index is 0.0885. The molecule has 0 fully saturated rings. The van der Waals surface area contributed by atoms with E-state index >= 15 is 0 Å². The van der Waals surface area contributed by atoms with Crippen molar-refractivity contribution in [1.29, 1.82) is 0 Å². The van der Waals surface area contributed by atoms with Gasteiger partial charge in [0.25, 0.3) is 0 Å². The molecule has 1 aromatic carbocycles. The van der Waals surface area contributed by atoms with Crippen molar-refractivity contribution < 1.29 is 9.84 Å². The average Bonchev–Trinajstić information content (AvgIpc) is 2.18. The molecule has 0 saturated carbocycles. The van der Waals surface area contributed by atoms with Crippen LogP contribution in [-0.2, 0) is 4.74 Å². The minimum absolute atomic E-state index is 0.0885. The molecule has 0 aliphatic carbocycles. The van der Waals surface area contributed by atoms with Crippen molar-refractivity contribution in [1.82, 2.24) is 0 Å². The molecule has 2 atom stereocenters. The Bertz CT molecular complexity index is 266. The summed E-state index contributed by atoms with van der Waals surface area (Å²) >= 11 is 0. The maximum atomic E-state index is 9.13. The lowest BCUT2D eigenvalue weighted by Crippen LogP contribution is -2.10. The van der Waals surface area contributed by atoms with Crippen molar-refractivity contribution >= 4 is 0 Å². The van der Waals surface area contributed by atoms with Crippen LogP contribution in [0.4, 0.5) is 0 Å². The number of phenolic OH excluding ortho intramolecular Hbond substituents is 1. The van der Waals surface area contributed by atoms with Gasteiger partial charge in [0, 0.05) is 0 Å². The number of aromatic hydroxyl groups is 1. The van der Waals surface area contributed by atoms with Crippen LogP contribution >= 0.6 is 0 Å². The van der Waals surface area contributed by atoms with Crippen LogP contribution in [0.3, 0.4) is 0 Å². The molecular weight excluding hydrogens is 176 g/mol. The molecule has 14 heavy (non-hydrogen) atoms. The molecule has 0 bridgehead atoms. The summed E-state index contributed by atoms with van der Waals surface area (Å²) in [7, 11) is 0. The number of benzene rings is 1. The lowest BCUT2D eigenvalue weighted by molar-refractivity contribution is 0.00546.